The monoisotopic (exact) mass is 377 g/mol. The summed E-state index contributed by atoms with van der Waals surface area (Å²) in [7, 11) is -1.31. The SMILES string of the molecule is Nc1ccc(CS(=O)c2c(Cl)cccc2Cl)c(Br)c1. The lowest BCUT2D eigenvalue weighted by atomic mass is 10.2. The van der Waals surface area contributed by atoms with Gasteiger partial charge in [0.25, 0.3) is 0 Å². The van der Waals surface area contributed by atoms with E-state index in [0.717, 1.165) is 10.0 Å². The molecule has 0 aromatic heterocycles. The molecule has 2 aromatic carbocycles. The minimum Gasteiger partial charge on any atom is -0.399 e. The molecule has 0 aliphatic rings. The number of hydrogen-bond acceptors (Lipinski definition) is 2. The van der Waals surface area contributed by atoms with E-state index in [-0.39, 0.29) is 0 Å². The van der Waals surface area contributed by atoms with Gasteiger partial charge in [-0.3, -0.25) is 4.21 Å². The van der Waals surface area contributed by atoms with Gasteiger partial charge >= 0.3 is 0 Å². The fraction of sp³-hybridized carbons (Fsp3) is 0.0769. The van der Waals surface area contributed by atoms with Crippen molar-refractivity contribution in [2.75, 3.05) is 5.73 Å². The Morgan fingerprint density at radius 1 is 1.16 bits per heavy atom. The van der Waals surface area contributed by atoms with Crippen LogP contribution >= 0.6 is 39.1 Å². The van der Waals surface area contributed by atoms with Crippen molar-refractivity contribution < 1.29 is 4.21 Å². The zero-order chi connectivity index (χ0) is 14.0. The van der Waals surface area contributed by atoms with E-state index in [4.69, 9.17) is 28.9 Å². The molecule has 100 valence electrons. The van der Waals surface area contributed by atoms with Crippen LogP contribution in [0, 0.1) is 0 Å². The Balaban J connectivity index is 2.31. The van der Waals surface area contributed by atoms with E-state index in [1.165, 1.54) is 0 Å². The van der Waals surface area contributed by atoms with E-state index in [0.29, 0.717) is 26.4 Å². The van der Waals surface area contributed by atoms with Crippen molar-refractivity contribution in [3.63, 3.8) is 0 Å². The summed E-state index contributed by atoms with van der Waals surface area (Å²) in [6.45, 7) is 0. The number of nitrogens with two attached hydrogens (primary N) is 1. The molecule has 6 heteroatoms. The molecule has 0 amide bonds. The first-order valence-corrected chi connectivity index (χ1v) is 8.22. The van der Waals surface area contributed by atoms with Gasteiger partial charge in [-0.1, -0.05) is 51.3 Å². The third-order valence-electron chi connectivity index (χ3n) is 2.51. The highest BCUT2D eigenvalue weighted by atomic mass is 79.9. The van der Waals surface area contributed by atoms with E-state index in [1.807, 2.05) is 6.07 Å². The quantitative estimate of drug-likeness (QED) is 0.790. The molecular formula is C13H10BrCl2NOS. The smallest absolute Gasteiger partial charge is 0.0763 e. The molecule has 2 rings (SSSR count). The van der Waals surface area contributed by atoms with Crippen molar-refractivity contribution in [1.82, 2.24) is 0 Å². The first-order valence-electron chi connectivity index (χ1n) is 5.35. The molecule has 0 aliphatic carbocycles. The maximum atomic E-state index is 12.4. The third kappa shape index (κ3) is 3.51. The van der Waals surface area contributed by atoms with E-state index >= 15 is 0 Å². The van der Waals surface area contributed by atoms with Crippen molar-refractivity contribution in [2.45, 2.75) is 10.6 Å². The van der Waals surface area contributed by atoms with E-state index in [1.54, 1.807) is 30.3 Å². The predicted molar refractivity (Wildman–Crippen MR) is 85.1 cm³/mol. The zero-order valence-corrected chi connectivity index (χ0v) is 13.6. The van der Waals surface area contributed by atoms with Gasteiger partial charge in [-0.25, -0.2) is 0 Å². The summed E-state index contributed by atoms with van der Waals surface area (Å²) in [5.74, 6) is 0.324. The second-order valence-corrected chi connectivity index (χ2v) is 6.95. The van der Waals surface area contributed by atoms with E-state index in [9.17, 15) is 4.21 Å². The summed E-state index contributed by atoms with van der Waals surface area (Å²) in [6.07, 6.45) is 0. The van der Waals surface area contributed by atoms with Crippen molar-refractivity contribution in [1.29, 1.82) is 0 Å². The van der Waals surface area contributed by atoms with Crippen LogP contribution in [0.15, 0.2) is 45.8 Å². The Bertz CT molecular complexity index is 628. The van der Waals surface area contributed by atoms with Gasteiger partial charge in [0.2, 0.25) is 0 Å². The highest BCUT2D eigenvalue weighted by molar-refractivity contribution is 9.10. The van der Waals surface area contributed by atoms with Crippen molar-refractivity contribution in [3.8, 4) is 0 Å². The van der Waals surface area contributed by atoms with Gasteiger partial charge in [-0.05, 0) is 29.8 Å². The third-order valence-corrected chi connectivity index (χ3v) is 5.57. The lowest BCUT2D eigenvalue weighted by Gasteiger charge is -2.08. The van der Waals surface area contributed by atoms with Crippen LogP contribution in [-0.4, -0.2) is 4.21 Å². The number of benzene rings is 2. The second kappa shape index (κ2) is 6.27. The largest absolute Gasteiger partial charge is 0.399 e. The molecule has 19 heavy (non-hydrogen) atoms. The number of anilines is 1. The molecule has 2 nitrogen and oxygen atoms in total. The molecule has 0 radical (unpaired) electrons. The summed E-state index contributed by atoms with van der Waals surface area (Å²) in [5, 5.41) is 0.829. The van der Waals surface area contributed by atoms with Gasteiger partial charge in [0.05, 0.1) is 31.5 Å². The maximum absolute atomic E-state index is 12.4. The number of rotatable bonds is 3. The molecule has 0 fully saturated rings. The summed E-state index contributed by atoms with van der Waals surface area (Å²) in [6, 6.07) is 10.5. The fourth-order valence-electron chi connectivity index (χ4n) is 1.59. The predicted octanol–water partition coefficient (Wildman–Crippen LogP) is 4.65. The van der Waals surface area contributed by atoms with Crippen LogP contribution < -0.4 is 5.73 Å². The molecule has 0 saturated heterocycles. The van der Waals surface area contributed by atoms with Gasteiger partial charge in [-0.2, -0.15) is 0 Å². The van der Waals surface area contributed by atoms with Crippen LogP contribution in [0.1, 0.15) is 5.56 Å². The standard InChI is InChI=1S/C13H10BrCl2NOS/c14-10-6-9(17)5-4-8(10)7-19(18)13-11(15)2-1-3-12(13)16/h1-6H,7,17H2. The summed E-state index contributed by atoms with van der Waals surface area (Å²) in [5.41, 5.74) is 7.21. The molecular weight excluding hydrogens is 369 g/mol. The summed E-state index contributed by atoms with van der Waals surface area (Å²) >= 11 is 15.5. The summed E-state index contributed by atoms with van der Waals surface area (Å²) in [4.78, 5) is 0.467. The number of hydrogen-bond donors (Lipinski definition) is 1. The molecule has 2 aromatic rings. The lowest BCUT2D eigenvalue weighted by molar-refractivity contribution is 0.682. The molecule has 1 unspecified atom stereocenters. The minimum absolute atomic E-state index is 0.324. The highest BCUT2D eigenvalue weighted by Gasteiger charge is 2.14. The molecule has 0 heterocycles. The van der Waals surface area contributed by atoms with Gasteiger partial charge in [0.1, 0.15) is 0 Å². The first kappa shape index (κ1) is 14.9. The van der Waals surface area contributed by atoms with Crippen molar-refractivity contribution in [2.24, 2.45) is 0 Å². The Morgan fingerprint density at radius 3 is 2.37 bits per heavy atom. The van der Waals surface area contributed by atoms with Gasteiger partial charge in [-0.15, -0.1) is 0 Å². The van der Waals surface area contributed by atoms with Gasteiger partial charge in [0.15, 0.2) is 0 Å². The fourth-order valence-corrected chi connectivity index (χ4v) is 4.48. The summed E-state index contributed by atoms with van der Waals surface area (Å²) < 4.78 is 13.2. The van der Waals surface area contributed by atoms with Crippen LogP contribution in [0.5, 0.6) is 0 Å². The Labute approximate surface area is 132 Å². The van der Waals surface area contributed by atoms with Gasteiger partial charge in [0, 0.05) is 10.2 Å². The Kier molecular flexibility index (Phi) is 4.90. The van der Waals surface area contributed by atoms with E-state index in [2.05, 4.69) is 15.9 Å². The van der Waals surface area contributed by atoms with Crippen LogP contribution in [0.2, 0.25) is 10.0 Å². The molecule has 0 spiro atoms. The maximum Gasteiger partial charge on any atom is 0.0763 e. The van der Waals surface area contributed by atoms with Crippen LogP contribution in [0.25, 0.3) is 0 Å². The average molecular weight is 379 g/mol. The normalized spacial score (nSPS) is 12.4. The highest BCUT2D eigenvalue weighted by Crippen LogP contribution is 2.30. The van der Waals surface area contributed by atoms with Crippen molar-refractivity contribution in [3.05, 3.63) is 56.5 Å². The molecule has 2 N–H and O–H groups in total. The second-order valence-electron chi connectivity index (χ2n) is 3.89. The Morgan fingerprint density at radius 2 is 1.79 bits per heavy atom. The molecule has 0 saturated carbocycles. The van der Waals surface area contributed by atoms with Crippen LogP contribution in [0.3, 0.4) is 0 Å². The van der Waals surface area contributed by atoms with Crippen LogP contribution in [-0.2, 0) is 16.6 Å². The lowest BCUT2D eigenvalue weighted by Crippen LogP contribution is -2.00. The number of nitrogen functional groups attached to an aromatic ring is 1. The van der Waals surface area contributed by atoms with Gasteiger partial charge < -0.3 is 5.73 Å². The minimum atomic E-state index is -1.31. The molecule has 0 aliphatic heterocycles. The average Bonchev–Trinajstić information content (AvgIpc) is 2.32. The van der Waals surface area contributed by atoms with Crippen molar-refractivity contribution >= 4 is 55.6 Å². The number of halogens is 3. The molecule has 0 bridgehead atoms. The van der Waals surface area contributed by atoms with Crippen LogP contribution in [0.4, 0.5) is 5.69 Å². The topological polar surface area (TPSA) is 43.1 Å². The van der Waals surface area contributed by atoms with E-state index < -0.39 is 10.8 Å². The molecule has 1 atom stereocenters. The first-order chi connectivity index (χ1) is 8.99. The Hall–Kier alpha value is -0.550. The zero-order valence-electron chi connectivity index (χ0n) is 9.70.